The average Bonchev–Trinajstić information content (AvgIpc) is 2.61. The molecule has 0 aliphatic carbocycles. The lowest BCUT2D eigenvalue weighted by atomic mass is 9.91. The van der Waals surface area contributed by atoms with E-state index < -0.39 is 0 Å². The van der Waals surface area contributed by atoms with Gasteiger partial charge in [-0.05, 0) is 55.3 Å². The Hall–Kier alpha value is -1.71. The van der Waals surface area contributed by atoms with Gasteiger partial charge in [-0.15, -0.1) is 0 Å². The molecule has 0 fully saturated rings. The molecule has 0 amide bonds. The number of rotatable bonds is 9. The van der Waals surface area contributed by atoms with Crippen LogP contribution in [-0.4, -0.2) is 20.3 Å². The van der Waals surface area contributed by atoms with Gasteiger partial charge in [0.1, 0.15) is 11.5 Å². The predicted octanol–water partition coefficient (Wildman–Crippen LogP) is 4.81. The number of benzene rings is 2. The van der Waals surface area contributed by atoms with Crippen molar-refractivity contribution in [2.24, 2.45) is 5.73 Å². The molecule has 4 heteroatoms. The molecule has 0 saturated heterocycles. The van der Waals surface area contributed by atoms with E-state index in [4.69, 9.17) is 26.8 Å². The van der Waals surface area contributed by atoms with Gasteiger partial charge in [-0.25, -0.2) is 0 Å². The first kappa shape index (κ1) is 18.6. The first-order chi connectivity index (χ1) is 11.7. The van der Waals surface area contributed by atoms with E-state index in [9.17, 15) is 0 Å². The van der Waals surface area contributed by atoms with E-state index in [2.05, 4.69) is 19.1 Å². The minimum absolute atomic E-state index is 0.158. The molecule has 0 aliphatic rings. The number of unbranched alkanes of at least 4 members (excludes halogenated alkanes) is 1. The van der Waals surface area contributed by atoms with Crippen LogP contribution >= 0.6 is 11.6 Å². The second kappa shape index (κ2) is 9.55. The maximum Gasteiger partial charge on any atom is 0.122 e. The zero-order chi connectivity index (χ0) is 17.4. The van der Waals surface area contributed by atoms with E-state index in [0.717, 1.165) is 42.9 Å². The van der Waals surface area contributed by atoms with E-state index in [-0.39, 0.29) is 5.92 Å². The second-order valence-electron chi connectivity index (χ2n) is 5.87. The number of halogens is 1. The van der Waals surface area contributed by atoms with Gasteiger partial charge < -0.3 is 15.2 Å². The van der Waals surface area contributed by atoms with Crippen LogP contribution in [0.2, 0.25) is 5.02 Å². The van der Waals surface area contributed by atoms with Crippen LogP contribution in [-0.2, 0) is 6.42 Å². The molecule has 1 atom stereocenters. The van der Waals surface area contributed by atoms with Crippen molar-refractivity contribution in [2.75, 3.05) is 20.3 Å². The molecule has 2 rings (SSSR count). The van der Waals surface area contributed by atoms with Crippen LogP contribution in [0, 0.1) is 0 Å². The standard InChI is InChI=1S/C20H26ClNO2/c1-3-4-11-24-18-8-5-15(6-9-18)12-16(14-22)19-13-17(21)7-10-20(19)23-2/h5-10,13,16H,3-4,11-12,14,22H2,1-2H3. The SMILES string of the molecule is CCCCOc1ccc(CC(CN)c2cc(Cl)ccc2OC)cc1. The molecule has 1 unspecified atom stereocenters. The van der Waals surface area contributed by atoms with E-state index in [1.807, 2.05) is 30.3 Å². The summed E-state index contributed by atoms with van der Waals surface area (Å²) in [6.07, 6.45) is 3.05. The Morgan fingerprint density at radius 1 is 1.12 bits per heavy atom. The molecule has 2 aromatic rings. The number of ether oxygens (including phenoxy) is 2. The van der Waals surface area contributed by atoms with E-state index in [1.54, 1.807) is 7.11 Å². The highest BCUT2D eigenvalue weighted by atomic mass is 35.5. The Bertz CT molecular complexity index is 628. The molecule has 130 valence electrons. The molecule has 0 aliphatic heterocycles. The maximum atomic E-state index is 6.15. The van der Waals surface area contributed by atoms with Crippen LogP contribution in [0.3, 0.4) is 0 Å². The fraction of sp³-hybridized carbons (Fsp3) is 0.400. The van der Waals surface area contributed by atoms with Gasteiger partial charge in [-0.3, -0.25) is 0 Å². The summed E-state index contributed by atoms with van der Waals surface area (Å²) in [6.45, 7) is 3.45. The number of nitrogens with two attached hydrogens (primary N) is 1. The van der Waals surface area contributed by atoms with Crippen molar-refractivity contribution in [3.63, 3.8) is 0 Å². The highest BCUT2D eigenvalue weighted by molar-refractivity contribution is 6.30. The minimum atomic E-state index is 0.158. The third kappa shape index (κ3) is 5.15. The molecule has 0 spiro atoms. The molecule has 0 aromatic heterocycles. The Labute approximate surface area is 149 Å². The van der Waals surface area contributed by atoms with Gasteiger partial charge in [0.15, 0.2) is 0 Å². The molecule has 2 aromatic carbocycles. The topological polar surface area (TPSA) is 44.5 Å². The molecule has 0 heterocycles. The molecule has 2 N–H and O–H groups in total. The average molecular weight is 348 g/mol. The van der Waals surface area contributed by atoms with E-state index in [0.29, 0.717) is 11.6 Å². The van der Waals surface area contributed by atoms with Gasteiger partial charge >= 0.3 is 0 Å². The summed E-state index contributed by atoms with van der Waals surface area (Å²) >= 11 is 6.15. The maximum absolute atomic E-state index is 6.15. The first-order valence-electron chi connectivity index (χ1n) is 8.43. The molecular weight excluding hydrogens is 322 g/mol. The lowest BCUT2D eigenvalue weighted by molar-refractivity contribution is 0.309. The van der Waals surface area contributed by atoms with Gasteiger partial charge in [-0.1, -0.05) is 37.1 Å². The minimum Gasteiger partial charge on any atom is -0.496 e. The lowest BCUT2D eigenvalue weighted by Gasteiger charge is -2.19. The summed E-state index contributed by atoms with van der Waals surface area (Å²) in [5, 5.41) is 0.698. The van der Waals surface area contributed by atoms with Crippen LogP contribution in [0.1, 0.15) is 36.8 Å². The summed E-state index contributed by atoms with van der Waals surface area (Å²) in [5.41, 5.74) is 8.28. The van der Waals surface area contributed by atoms with Crippen LogP contribution in [0.4, 0.5) is 0 Å². The second-order valence-corrected chi connectivity index (χ2v) is 6.31. The van der Waals surface area contributed by atoms with Crippen molar-refractivity contribution >= 4 is 11.6 Å². The van der Waals surface area contributed by atoms with E-state index >= 15 is 0 Å². The summed E-state index contributed by atoms with van der Waals surface area (Å²) in [5.74, 6) is 1.90. The monoisotopic (exact) mass is 347 g/mol. The third-order valence-electron chi connectivity index (χ3n) is 4.09. The van der Waals surface area contributed by atoms with Crippen LogP contribution in [0.25, 0.3) is 0 Å². The highest BCUT2D eigenvalue weighted by Crippen LogP contribution is 2.31. The molecule has 3 nitrogen and oxygen atoms in total. The van der Waals surface area contributed by atoms with Gasteiger partial charge in [0.05, 0.1) is 13.7 Å². The molecule has 24 heavy (non-hydrogen) atoms. The fourth-order valence-corrected chi connectivity index (χ4v) is 2.87. The van der Waals surface area contributed by atoms with Gasteiger partial charge in [0.25, 0.3) is 0 Å². The summed E-state index contributed by atoms with van der Waals surface area (Å²) in [6, 6.07) is 13.9. The van der Waals surface area contributed by atoms with Gasteiger partial charge in [-0.2, -0.15) is 0 Å². The predicted molar refractivity (Wildman–Crippen MR) is 100 cm³/mol. The van der Waals surface area contributed by atoms with Crippen LogP contribution in [0.15, 0.2) is 42.5 Å². The van der Waals surface area contributed by atoms with Crippen molar-refractivity contribution in [3.05, 3.63) is 58.6 Å². The molecule has 0 bridgehead atoms. The largest absolute Gasteiger partial charge is 0.496 e. The Balaban J connectivity index is 2.09. The quantitative estimate of drug-likeness (QED) is 0.662. The van der Waals surface area contributed by atoms with Crippen molar-refractivity contribution in [1.29, 1.82) is 0 Å². The Kier molecular flexibility index (Phi) is 7.41. The zero-order valence-electron chi connectivity index (χ0n) is 14.4. The molecule has 0 saturated carbocycles. The van der Waals surface area contributed by atoms with Crippen molar-refractivity contribution in [1.82, 2.24) is 0 Å². The third-order valence-corrected chi connectivity index (χ3v) is 4.32. The summed E-state index contributed by atoms with van der Waals surface area (Å²) < 4.78 is 11.2. The fourth-order valence-electron chi connectivity index (χ4n) is 2.69. The number of hydrogen-bond acceptors (Lipinski definition) is 3. The van der Waals surface area contributed by atoms with Crippen molar-refractivity contribution < 1.29 is 9.47 Å². The van der Waals surface area contributed by atoms with Crippen LogP contribution in [0.5, 0.6) is 11.5 Å². The summed E-state index contributed by atoms with van der Waals surface area (Å²) in [7, 11) is 1.67. The van der Waals surface area contributed by atoms with E-state index in [1.165, 1.54) is 5.56 Å². The normalized spacial score (nSPS) is 12.0. The lowest BCUT2D eigenvalue weighted by Crippen LogP contribution is -2.16. The zero-order valence-corrected chi connectivity index (χ0v) is 15.2. The first-order valence-corrected chi connectivity index (χ1v) is 8.81. The van der Waals surface area contributed by atoms with Crippen LogP contribution < -0.4 is 15.2 Å². The number of methoxy groups -OCH3 is 1. The van der Waals surface area contributed by atoms with Crippen molar-refractivity contribution in [3.8, 4) is 11.5 Å². The van der Waals surface area contributed by atoms with Crippen molar-refractivity contribution in [2.45, 2.75) is 32.1 Å². The summed E-state index contributed by atoms with van der Waals surface area (Å²) in [4.78, 5) is 0. The van der Waals surface area contributed by atoms with Gasteiger partial charge in [0, 0.05) is 16.5 Å². The number of hydrogen-bond donors (Lipinski definition) is 1. The molecule has 0 radical (unpaired) electrons. The molecular formula is C20H26ClNO2. The highest BCUT2D eigenvalue weighted by Gasteiger charge is 2.16. The smallest absolute Gasteiger partial charge is 0.122 e. The Morgan fingerprint density at radius 3 is 2.50 bits per heavy atom. The Morgan fingerprint density at radius 2 is 1.88 bits per heavy atom. The van der Waals surface area contributed by atoms with Gasteiger partial charge in [0.2, 0.25) is 0 Å².